The molecule has 3 heteroatoms. The van der Waals surface area contributed by atoms with Crippen LogP contribution < -0.4 is 5.32 Å². The van der Waals surface area contributed by atoms with Crippen molar-refractivity contribution >= 4 is 28.3 Å². The van der Waals surface area contributed by atoms with Gasteiger partial charge in [-0.25, -0.2) is 0 Å². The van der Waals surface area contributed by atoms with Crippen LogP contribution in [0.15, 0.2) is 52.9 Å². The lowest BCUT2D eigenvalue weighted by Crippen LogP contribution is -1.99. The molecule has 0 unspecified atom stereocenters. The van der Waals surface area contributed by atoms with E-state index >= 15 is 0 Å². The van der Waals surface area contributed by atoms with Gasteiger partial charge in [0.1, 0.15) is 11.3 Å². The fraction of sp³-hybridized carbons (Fsp3) is 0.125. The molecule has 0 radical (unpaired) electrons. The Hall–Kier alpha value is -1.93. The van der Waals surface area contributed by atoms with Gasteiger partial charge in [0.25, 0.3) is 0 Å². The van der Waals surface area contributed by atoms with E-state index in [1.165, 1.54) is 5.56 Å². The average molecular weight is 272 g/mol. The zero-order chi connectivity index (χ0) is 13.2. The minimum Gasteiger partial charge on any atom is -0.459 e. The van der Waals surface area contributed by atoms with Crippen LogP contribution >= 0.6 is 11.6 Å². The van der Waals surface area contributed by atoms with Crippen LogP contribution in [0.25, 0.3) is 11.0 Å². The maximum atomic E-state index is 6.00. The Kier molecular flexibility index (Phi) is 3.18. The Morgan fingerprint density at radius 1 is 1.11 bits per heavy atom. The fourth-order valence-corrected chi connectivity index (χ4v) is 2.26. The van der Waals surface area contributed by atoms with Crippen LogP contribution in [0.4, 0.5) is 5.69 Å². The molecule has 0 fully saturated rings. The molecular formula is C16H14ClNO. The van der Waals surface area contributed by atoms with Crippen molar-refractivity contribution in [3.8, 4) is 0 Å². The predicted molar refractivity (Wildman–Crippen MR) is 79.7 cm³/mol. The molecule has 0 aliphatic heterocycles. The predicted octanol–water partition coefficient (Wildman–Crippen LogP) is 5.01. The molecule has 19 heavy (non-hydrogen) atoms. The summed E-state index contributed by atoms with van der Waals surface area (Å²) in [6.07, 6.45) is 0. The van der Waals surface area contributed by atoms with Gasteiger partial charge in [-0.2, -0.15) is 0 Å². The number of halogens is 1. The standard InChI is InChI=1S/C16H14ClNO/c1-11-6-7-13(17)9-15(11)18-10-14-8-12-4-2-3-5-16(12)19-14/h2-9,18H,10H2,1H3. The average Bonchev–Trinajstić information content (AvgIpc) is 2.82. The lowest BCUT2D eigenvalue weighted by molar-refractivity contribution is 0.559. The van der Waals surface area contributed by atoms with E-state index in [9.17, 15) is 0 Å². The molecule has 2 nitrogen and oxygen atoms in total. The summed E-state index contributed by atoms with van der Waals surface area (Å²) in [5.74, 6) is 0.917. The number of rotatable bonds is 3. The van der Waals surface area contributed by atoms with Gasteiger partial charge >= 0.3 is 0 Å². The van der Waals surface area contributed by atoms with Crippen molar-refractivity contribution in [3.63, 3.8) is 0 Å². The topological polar surface area (TPSA) is 25.2 Å². The number of benzene rings is 2. The minimum absolute atomic E-state index is 0.649. The van der Waals surface area contributed by atoms with E-state index in [1.807, 2.05) is 42.5 Å². The smallest absolute Gasteiger partial charge is 0.134 e. The largest absolute Gasteiger partial charge is 0.459 e. The summed E-state index contributed by atoms with van der Waals surface area (Å²) < 4.78 is 5.76. The van der Waals surface area contributed by atoms with E-state index in [0.29, 0.717) is 6.54 Å². The van der Waals surface area contributed by atoms with Crippen molar-refractivity contribution in [1.29, 1.82) is 0 Å². The lowest BCUT2D eigenvalue weighted by Gasteiger charge is -2.08. The Morgan fingerprint density at radius 3 is 2.79 bits per heavy atom. The highest BCUT2D eigenvalue weighted by Crippen LogP contribution is 2.23. The SMILES string of the molecule is Cc1ccc(Cl)cc1NCc1cc2ccccc2o1. The van der Waals surface area contributed by atoms with Crippen LogP contribution in [-0.2, 0) is 6.54 Å². The summed E-state index contributed by atoms with van der Waals surface area (Å²) in [5, 5.41) is 5.21. The van der Waals surface area contributed by atoms with Crippen molar-refractivity contribution < 1.29 is 4.42 Å². The number of anilines is 1. The van der Waals surface area contributed by atoms with Gasteiger partial charge in [-0.05, 0) is 36.8 Å². The van der Waals surface area contributed by atoms with Gasteiger partial charge in [0, 0.05) is 16.1 Å². The Bertz CT molecular complexity index is 685. The van der Waals surface area contributed by atoms with Crippen molar-refractivity contribution in [2.45, 2.75) is 13.5 Å². The third-order valence-electron chi connectivity index (χ3n) is 3.13. The molecule has 2 aromatic carbocycles. The highest BCUT2D eigenvalue weighted by atomic mass is 35.5. The van der Waals surface area contributed by atoms with Crippen molar-refractivity contribution in [2.75, 3.05) is 5.32 Å². The van der Waals surface area contributed by atoms with Gasteiger partial charge in [-0.15, -0.1) is 0 Å². The first-order valence-corrected chi connectivity index (χ1v) is 6.58. The van der Waals surface area contributed by atoms with Gasteiger partial charge < -0.3 is 9.73 Å². The first-order chi connectivity index (χ1) is 9.22. The second-order valence-corrected chi connectivity index (χ2v) is 5.00. The lowest BCUT2D eigenvalue weighted by atomic mass is 10.2. The maximum Gasteiger partial charge on any atom is 0.134 e. The fourth-order valence-electron chi connectivity index (χ4n) is 2.09. The van der Waals surface area contributed by atoms with Gasteiger partial charge in [0.15, 0.2) is 0 Å². The van der Waals surface area contributed by atoms with Gasteiger partial charge in [0.05, 0.1) is 6.54 Å². The molecule has 0 aliphatic carbocycles. The molecule has 1 N–H and O–H groups in total. The van der Waals surface area contributed by atoms with E-state index in [0.717, 1.165) is 27.4 Å². The molecule has 0 spiro atoms. The molecule has 1 aromatic heterocycles. The van der Waals surface area contributed by atoms with Crippen LogP contribution in [0.3, 0.4) is 0 Å². The summed E-state index contributed by atoms with van der Waals surface area (Å²) in [4.78, 5) is 0. The second-order valence-electron chi connectivity index (χ2n) is 4.56. The van der Waals surface area contributed by atoms with Gasteiger partial charge in [-0.3, -0.25) is 0 Å². The maximum absolute atomic E-state index is 6.00. The van der Waals surface area contributed by atoms with Crippen molar-refractivity contribution in [2.24, 2.45) is 0 Å². The molecule has 3 aromatic rings. The number of furan rings is 1. The number of hydrogen-bond donors (Lipinski definition) is 1. The van der Waals surface area contributed by atoms with E-state index in [1.54, 1.807) is 0 Å². The highest BCUT2D eigenvalue weighted by molar-refractivity contribution is 6.30. The molecule has 0 saturated heterocycles. The normalized spacial score (nSPS) is 10.8. The van der Waals surface area contributed by atoms with Crippen molar-refractivity contribution in [1.82, 2.24) is 0 Å². The van der Waals surface area contributed by atoms with Crippen LogP contribution in [0.1, 0.15) is 11.3 Å². The minimum atomic E-state index is 0.649. The van der Waals surface area contributed by atoms with E-state index < -0.39 is 0 Å². The molecule has 0 bridgehead atoms. The van der Waals surface area contributed by atoms with Crippen LogP contribution in [-0.4, -0.2) is 0 Å². The van der Waals surface area contributed by atoms with Crippen LogP contribution in [0.2, 0.25) is 5.02 Å². The first-order valence-electron chi connectivity index (χ1n) is 6.20. The summed E-state index contributed by atoms with van der Waals surface area (Å²) in [5.41, 5.74) is 3.12. The zero-order valence-electron chi connectivity index (χ0n) is 10.6. The number of hydrogen-bond acceptors (Lipinski definition) is 2. The summed E-state index contributed by atoms with van der Waals surface area (Å²) >= 11 is 6.00. The second kappa shape index (κ2) is 4.98. The quantitative estimate of drug-likeness (QED) is 0.725. The number of aryl methyl sites for hydroxylation is 1. The molecule has 96 valence electrons. The van der Waals surface area contributed by atoms with E-state index in [-0.39, 0.29) is 0 Å². The third-order valence-corrected chi connectivity index (χ3v) is 3.36. The number of fused-ring (bicyclic) bond motifs is 1. The molecule has 0 saturated carbocycles. The molecule has 0 amide bonds. The Balaban J connectivity index is 1.80. The van der Waals surface area contributed by atoms with Gasteiger partial charge in [-0.1, -0.05) is 35.9 Å². The highest BCUT2D eigenvalue weighted by Gasteiger charge is 2.04. The molecule has 0 atom stereocenters. The summed E-state index contributed by atoms with van der Waals surface area (Å²) in [6, 6.07) is 15.9. The Morgan fingerprint density at radius 2 is 1.95 bits per heavy atom. The molecule has 3 rings (SSSR count). The zero-order valence-corrected chi connectivity index (χ0v) is 11.4. The van der Waals surface area contributed by atoms with Crippen LogP contribution in [0.5, 0.6) is 0 Å². The van der Waals surface area contributed by atoms with Gasteiger partial charge in [0.2, 0.25) is 0 Å². The summed E-state index contributed by atoms with van der Waals surface area (Å²) in [6.45, 7) is 2.70. The number of para-hydroxylation sites is 1. The number of nitrogens with one attached hydrogen (secondary N) is 1. The summed E-state index contributed by atoms with van der Waals surface area (Å²) in [7, 11) is 0. The molecule has 1 heterocycles. The molecular weight excluding hydrogens is 258 g/mol. The third kappa shape index (κ3) is 2.59. The van der Waals surface area contributed by atoms with E-state index in [4.69, 9.17) is 16.0 Å². The first kappa shape index (κ1) is 12.1. The van der Waals surface area contributed by atoms with Crippen molar-refractivity contribution in [3.05, 3.63) is 64.9 Å². The monoisotopic (exact) mass is 271 g/mol. The van der Waals surface area contributed by atoms with E-state index in [2.05, 4.69) is 18.3 Å². The Labute approximate surface area is 117 Å². The molecule has 0 aliphatic rings. The van der Waals surface area contributed by atoms with Crippen LogP contribution in [0, 0.1) is 6.92 Å².